The Balaban J connectivity index is 0.000000360. The molecule has 0 saturated heterocycles. The van der Waals surface area contributed by atoms with Gasteiger partial charge in [-0.15, -0.1) is 0 Å². The van der Waals surface area contributed by atoms with E-state index in [4.69, 9.17) is 4.55 Å². The van der Waals surface area contributed by atoms with Gasteiger partial charge in [0.1, 0.15) is 0 Å². The van der Waals surface area contributed by atoms with Gasteiger partial charge in [0.15, 0.2) is 0 Å². The molecule has 0 unspecified atom stereocenters. The van der Waals surface area contributed by atoms with E-state index >= 15 is 0 Å². The van der Waals surface area contributed by atoms with Crippen LogP contribution in [0.5, 0.6) is 0 Å². The summed E-state index contributed by atoms with van der Waals surface area (Å²) < 4.78 is 29.6. The first-order chi connectivity index (χ1) is 8.35. The second-order valence-corrected chi connectivity index (χ2v) is 5.33. The molecule has 1 rings (SSSR count). The Kier molecular flexibility index (Phi) is 7.82. The summed E-state index contributed by atoms with van der Waals surface area (Å²) in [6, 6.07) is 5.99. The number of aryl methyl sites for hydroxylation is 1. The summed E-state index contributed by atoms with van der Waals surface area (Å²) in [5, 5.41) is 0. The number of rotatable bonds is 4. The Labute approximate surface area is 110 Å². The smallest absolute Gasteiger partial charge is 0.294 e. The van der Waals surface area contributed by atoms with Gasteiger partial charge in [0, 0.05) is 0 Å². The summed E-state index contributed by atoms with van der Waals surface area (Å²) in [5.74, 6) is 0. The van der Waals surface area contributed by atoms with Gasteiger partial charge in [-0.25, -0.2) is 0 Å². The van der Waals surface area contributed by atoms with Crippen LogP contribution in [0.3, 0.4) is 0 Å². The topological polar surface area (TPSA) is 57.6 Å². The van der Waals surface area contributed by atoms with Crippen LogP contribution in [0.1, 0.15) is 26.3 Å². The molecule has 1 N–H and O–H groups in total. The van der Waals surface area contributed by atoms with E-state index in [1.165, 1.54) is 31.8 Å². The van der Waals surface area contributed by atoms with Gasteiger partial charge < -0.3 is 4.90 Å². The highest BCUT2D eigenvalue weighted by atomic mass is 32.2. The van der Waals surface area contributed by atoms with Crippen LogP contribution >= 0.6 is 0 Å². The quantitative estimate of drug-likeness (QED) is 0.857. The van der Waals surface area contributed by atoms with Crippen LogP contribution in [0.15, 0.2) is 29.2 Å². The van der Waals surface area contributed by atoms with E-state index in [0.29, 0.717) is 0 Å². The van der Waals surface area contributed by atoms with Gasteiger partial charge in [-0.2, -0.15) is 8.42 Å². The van der Waals surface area contributed by atoms with Gasteiger partial charge in [-0.3, -0.25) is 4.55 Å². The highest BCUT2D eigenvalue weighted by Gasteiger charge is 2.06. The van der Waals surface area contributed by atoms with Crippen molar-refractivity contribution in [3.05, 3.63) is 29.8 Å². The maximum Gasteiger partial charge on any atom is 0.294 e. The van der Waals surface area contributed by atoms with Gasteiger partial charge in [0.05, 0.1) is 4.90 Å². The molecule has 0 amide bonds. The molecule has 0 saturated carbocycles. The third-order valence-electron chi connectivity index (χ3n) is 2.66. The monoisotopic (exact) mass is 273 g/mol. The minimum absolute atomic E-state index is 0.0666. The molecule has 0 aromatic heterocycles. The van der Waals surface area contributed by atoms with E-state index in [1.54, 1.807) is 12.1 Å². The number of hydrogen-bond acceptors (Lipinski definition) is 3. The van der Waals surface area contributed by atoms with E-state index in [1.807, 2.05) is 6.92 Å². The average Bonchev–Trinajstić information content (AvgIpc) is 2.31. The van der Waals surface area contributed by atoms with Crippen LogP contribution < -0.4 is 0 Å². The van der Waals surface area contributed by atoms with Crippen molar-refractivity contribution in [2.24, 2.45) is 0 Å². The second kappa shape index (κ2) is 8.24. The molecule has 0 aliphatic carbocycles. The predicted molar refractivity (Wildman–Crippen MR) is 74.5 cm³/mol. The third-order valence-corrected chi connectivity index (χ3v) is 3.53. The maximum atomic E-state index is 10.5. The SMILES string of the molecule is CCN(CC)CC.Cc1ccc(S(=O)(=O)O)cc1. The van der Waals surface area contributed by atoms with E-state index in [0.717, 1.165) is 5.56 Å². The van der Waals surface area contributed by atoms with Crippen LogP contribution in [-0.2, 0) is 10.1 Å². The van der Waals surface area contributed by atoms with Gasteiger partial charge in [0.2, 0.25) is 0 Å². The van der Waals surface area contributed by atoms with Gasteiger partial charge in [-0.1, -0.05) is 38.5 Å². The number of nitrogens with zero attached hydrogens (tertiary/aromatic N) is 1. The third kappa shape index (κ3) is 6.74. The summed E-state index contributed by atoms with van der Waals surface area (Å²) in [4.78, 5) is 2.31. The molecule has 0 spiro atoms. The number of benzene rings is 1. The molecule has 18 heavy (non-hydrogen) atoms. The lowest BCUT2D eigenvalue weighted by atomic mass is 10.2. The normalized spacial score (nSPS) is 11.0. The van der Waals surface area contributed by atoms with Gasteiger partial charge in [-0.05, 0) is 38.7 Å². The first-order valence-electron chi connectivity index (χ1n) is 6.11. The zero-order valence-corrected chi connectivity index (χ0v) is 12.4. The predicted octanol–water partition coefficient (Wildman–Crippen LogP) is 2.59. The first-order valence-corrected chi connectivity index (χ1v) is 7.55. The van der Waals surface area contributed by atoms with Crippen molar-refractivity contribution in [2.45, 2.75) is 32.6 Å². The van der Waals surface area contributed by atoms with Crippen LogP contribution in [0.2, 0.25) is 0 Å². The fourth-order valence-electron chi connectivity index (χ4n) is 1.38. The Bertz CT molecular complexity index is 417. The molecule has 0 atom stereocenters. The molecule has 5 heteroatoms. The largest absolute Gasteiger partial charge is 0.304 e. The molecule has 1 aromatic rings. The highest BCUT2D eigenvalue weighted by molar-refractivity contribution is 7.85. The number of hydrogen-bond donors (Lipinski definition) is 1. The Morgan fingerprint density at radius 2 is 1.39 bits per heavy atom. The molecular weight excluding hydrogens is 250 g/mol. The lowest BCUT2D eigenvalue weighted by Gasteiger charge is -2.13. The molecule has 0 aliphatic rings. The van der Waals surface area contributed by atoms with E-state index in [2.05, 4.69) is 25.7 Å². The van der Waals surface area contributed by atoms with Crippen LogP contribution in [0, 0.1) is 6.92 Å². The molecule has 0 heterocycles. The molecule has 104 valence electrons. The summed E-state index contributed by atoms with van der Waals surface area (Å²) in [7, 11) is -4.02. The average molecular weight is 273 g/mol. The molecular formula is C13H23NO3S. The first kappa shape index (κ1) is 17.1. The standard InChI is InChI=1S/C7H8O3S.C6H15N/c1-6-2-4-7(5-3-6)11(8,9)10;1-4-7(5-2)6-3/h2-5H,1H3,(H,8,9,10);4-6H2,1-3H3. The molecule has 1 aromatic carbocycles. The van der Waals surface area contributed by atoms with Crippen molar-refractivity contribution in [1.82, 2.24) is 4.90 Å². The lowest BCUT2D eigenvalue weighted by Crippen LogP contribution is -2.21. The van der Waals surface area contributed by atoms with Crippen LogP contribution in [0.4, 0.5) is 0 Å². The van der Waals surface area contributed by atoms with Gasteiger partial charge in [0.25, 0.3) is 10.1 Å². The van der Waals surface area contributed by atoms with Crippen molar-refractivity contribution in [2.75, 3.05) is 19.6 Å². The van der Waals surface area contributed by atoms with Crippen LogP contribution in [0.25, 0.3) is 0 Å². The minimum Gasteiger partial charge on any atom is -0.304 e. The molecule has 0 fully saturated rings. The van der Waals surface area contributed by atoms with Crippen molar-refractivity contribution >= 4 is 10.1 Å². The molecule has 0 radical (unpaired) electrons. The molecule has 4 nitrogen and oxygen atoms in total. The van der Waals surface area contributed by atoms with Gasteiger partial charge >= 0.3 is 0 Å². The fourth-order valence-corrected chi connectivity index (χ4v) is 1.86. The van der Waals surface area contributed by atoms with Crippen molar-refractivity contribution in [3.63, 3.8) is 0 Å². The van der Waals surface area contributed by atoms with Crippen molar-refractivity contribution < 1.29 is 13.0 Å². The lowest BCUT2D eigenvalue weighted by molar-refractivity contribution is 0.321. The summed E-state index contributed by atoms with van der Waals surface area (Å²) in [6.45, 7) is 12.0. The van der Waals surface area contributed by atoms with Crippen molar-refractivity contribution in [3.8, 4) is 0 Å². The molecule has 0 aliphatic heterocycles. The Morgan fingerprint density at radius 3 is 1.61 bits per heavy atom. The summed E-state index contributed by atoms with van der Waals surface area (Å²) in [5.41, 5.74) is 0.956. The van der Waals surface area contributed by atoms with Crippen molar-refractivity contribution in [1.29, 1.82) is 0 Å². The molecule has 0 bridgehead atoms. The van der Waals surface area contributed by atoms with E-state index in [9.17, 15) is 8.42 Å². The van der Waals surface area contributed by atoms with E-state index < -0.39 is 10.1 Å². The highest BCUT2D eigenvalue weighted by Crippen LogP contribution is 2.08. The fraction of sp³-hybridized carbons (Fsp3) is 0.538. The van der Waals surface area contributed by atoms with E-state index in [-0.39, 0.29) is 4.90 Å². The maximum absolute atomic E-state index is 10.5. The zero-order valence-electron chi connectivity index (χ0n) is 11.5. The summed E-state index contributed by atoms with van der Waals surface area (Å²) in [6.07, 6.45) is 0. The minimum atomic E-state index is -4.02. The van der Waals surface area contributed by atoms with Crippen LogP contribution in [-0.4, -0.2) is 37.5 Å². The second-order valence-electron chi connectivity index (χ2n) is 3.91. The Morgan fingerprint density at radius 1 is 1.00 bits per heavy atom. The zero-order chi connectivity index (χ0) is 14.2. The Hall–Kier alpha value is -0.910. The summed E-state index contributed by atoms with van der Waals surface area (Å²) >= 11 is 0.